The highest BCUT2D eigenvalue weighted by Crippen LogP contribution is 2.08. The minimum Gasteiger partial charge on any atom is -0.395 e. The summed E-state index contributed by atoms with van der Waals surface area (Å²) in [5.74, 6) is -4.10. The van der Waals surface area contributed by atoms with Crippen molar-refractivity contribution in [2.75, 3.05) is 0 Å². The Balaban J connectivity index is 4.22. The average molecular weight is 186 g/mol. The first-order valence-electron chi connectivity index (χ1n) is 3.34. The predicted molar refractivity (Wildman–Crippen MR) is 43.2 cm³/mol. The van der Waals surface area contributed by atoms with Crippen molar-refractivity contribution in [1.82, 2.24) is 0 Å². The summed E-state index contributed by atoms with van der Waals surface area (Å²) >= 11 is 0. The SMILES string of the molecule is C=CC(=O)OC(C)(O)OC(=O)C=C. The Morgan fingerprint density at radius 3 is 1.77 bits per heavy atom. The van der Waals surface area contributed by atoms with Gasteiger partial charge in [-0.3, -0.25) is 0 Å². The molecule has 5 heteroatoms. The van der Waals surface area contributed by atoms with Crippen LogP contribution in [-0.4, -0.2) is 23.0 Å². The van der Waals surface area contributed by atoms with Gasteiger partial charge in [-0.15, -0.1) is 0 Å². The lowest BCUT2D eigenvalue weighted by Crippen LogP contribution is -2.35. The molecular formula is C8H10O5. The molecule has 0 heterocycles. The zero-order chi connectivity index (χ0) is 10.5. The largest absolute Gasteiger partial charge is 0.395 e. The van der Waals surface area contributed by atoms with Gasteiger partial charge in [-0.2, -0.15) is 0 Å². The summed E-state index contributed by atoms with van der Waals surface area (Å²) in [5, 5.41) is 9.14. The first-order chi connectivity index (χ1) is 5.91. The maximum absolute atomic E-state index is 10.6. The van der Waals surface area contributed by atoms with Gasteiger partial charge in [-0.1, -0.05) is 13.2 Å². The topological polar surface area (TPSA) is 72.8 Å². The molecule has 0 unspecified atom stereocenters. The van der Waals surface area contributed by atoms with Gasteiger partial charge >= 0.3 is 17.9 Å². The van der Waals surface area contributed by atoms with Crippen molar-refractivity contribution in [3.8, 4) is 0 Å². The van der Waals surface area contributed by atoms with Crippen LogP contribution in [0.25, 0.3) is 0 Å². The van der Waals surface area contributed by atoms with Crippen LogP contribution >= 0.6 is 0 Å². The molecular weight excluding hydrogens is 176 g/mol. The van der Waals surface area contributed by atoms with Crippen molar-refractivity contribution >= 4 is 11.9 Å². The van der Waals surface area contributed by atoms with Crippen LogP contribution < -0.4 is 0 Å². The third-order valence-electron chi connectivity index (χ3n) is 0.913. The number of esters is 2. The minimum atomic E-state index is -2.30. The van der Waals surface area contributed by atoms with E-state index >= 15 is 0 Å². The van der Waals surface area contributed by atoms with Gasteiger partial charge in [0, 0.05) is 19.1 Å². The average Bonchev–Trinajstić information content (AvgIpc) is 2.02. The third-order valence-corrected chi connectivity index (χ3v) is 0.913. The van der Waals surface area contributed by atoms with E-state index in [1.807, 2.05) is 0 Å². The van der Waals surface area contributed by atoms with Gasteiger partial charge in [0.1, 0.15) is 0 Å². The number of ether oxygens (including phenoxy) is 2. The molecule has 0 spiro atoms. The highest BCUT2D eigenvalue weighted by atomic mass is 16.8. The Morgan fingerprint density at radius 2 is 1.54 bits per heavy atom. The molecule has 0 amide bonds. The summed E-state index contributed by atoms with van der Waals surface area (Å²) in [4.78, 5) is 21.2. The second-order valence-electron chi connectivity index (χ2n) is 2.15. The molecule has 0 aromatic heterocycles. The maximum Gasteiger partial charge on any atom is 0.370 e. The second kappa shape index (κ2) is 4.42. The fourth-order valence-corrected chi connectivity index (χ4v) is 0.477. The van der Waals surface area contributed by atoms with Crippen LogP contribution in [0.5, 0.6) is 0 Å². The van der Waals surface area contributed by atoms with Crippen LogP contribution in [0.2, 0.25) is 0 Å². The lowest BCUT2D eigenvalue weighted by molar-refractivity contribution is -0.309. The number of hydrogen-bond donors (Lipinski definition) is 1. The molecule has 13 heavy (non-hydrogen) atoms. The molecule has 0 aliphatic rings. The first-order valence-corrected chi connectivity index (χ1v) is 3.34. The lowest BCUT2D eigenvalue weighted by atomic mass is 10.5. The zero-order valence-electron chi connectivity index (χ0n) is 7.15. The summed E-state index contributed by atoms with van der Waals surface area (Å²) in [5.41, 5.74) is 0. The van der Waals surface area contributed by atoms with Crippen molar-refractivity contribution in [1.29, 1.82) is 0 Å². The van der Waals surface area contributed by atoms with Crippen molar-refractivity contribution in [3.63, 3.8) is 0 Å². The van der Waals surface area contributed by atoms with E-state index in [1.54, 1.807) is 0 Å². The van der Waals surface area contributed by atoms with Gasteiger partial charge in [-0.05, 0) is 0 Å². The van der Waals surface area contributed by atoms with Gasteiger partial charge in [-0.25, -0.2) is 9.59 Å². The summed E-state index contributed by atoms with van der Waals surface area (Å²) in [7, 11) is 0. The van der Waals surface area contributed by atoms with Crippen molar-refractivity contribution in [3.05, 3.63) is 25.3 Å². The van der Waals surface area contributed by atoms with E-state index in [0.29, 0.717) is 0 Å². The number of rotatable bonds is 4. The van der Waals surface area contributed by atoms with E-state index in [-0.39, 0.29) is 0 Å². The standard InChI is InChI=1S/C8H10O5/c1-4-6(9)12-8(3,11)13-7(10)5-2/h4-5,11H,1-2H2,3H3. The normalized spacial score (nSPS) is 10.0. The molecule has 5 nitrogen and oxygen atoms in total. The Kier molecular flexibility index (Phi) is 3.87. The summed E-state index contributed by atoms with van der Waals surface area (Å²) in [6, 6.07) is 0. The fourth-order valence-electron chi connectivity index (χ4n) is 0.477. The molecule has 0 saturated heterocycles. The highest BCUT2D eigenvalue weighted by molar-refractivity contribution is 5.83. The Bertz CT molecular complexity index is 217. The lowest BCUT2D eigenvalue weighted by Gasteiger charge is -2.20. The molecule has 72 valence electrons. The molecule has 0 bridgehead atoms. The molecule has 1 N–H and O–H groups in total. The van der Waals surface area contributed by atoms with E-state index < -0.39 is 17.9 Å². The molecule has 0 radical (unpaired) electrons. The van der Waals surface area contributed by atoms with Crippen molar-refractivity contribution in [2.45, 2.75) is 12.9 Å². The first kappa shape index (κ1) is 11.4. The van der Waals surface area contributed by atoms with E-state index in [2.05, 4.69) is 22.6 Å². The van der Waals surface area contributed by atoms with Crippen LogP contribution in [0.1, 0.15) is 6.92 Å². The van der Waals surface area contributed by atoms with Crippen molar-refractivity contribution < 1.29 is 24.2 Å². The Hall–Kier alpha value is -1.62. The summed E-state index contributed by atoms with van der Waals surface area (Å²) in [6.07, 6.45) is 1.66. The van der Waals surface area contributed by atoms with E-state index in [1.165, 1.54) is 0 Å². The number of hydrogen-bond acceptors (Lipinski definition) is 5. The summed E-state index contributed by atoms with van der Waals surface area (Å²) < 4.78 is 8.53. The second-order valence-corrected chi connectivity index (χ2v) is 2.15. The van der Waals surface area contributed by atoms with Gasteiger partial charge in [0.2, 0.25) is 0 Å². The van der Waals surface area contributed by atoms with Crippen molar-refractivity contribution in [2.24, 2.45) is 0 Å². The van der Waals surface area contributed by atoms with Crippen LogP contribution in [0.15, 0.2) is 25.3 Å². The molecule has 0 aromatic rings. The van der Waals surface area contributed by atoms with Gasteiger partial charge < -0.3 is 14.6 Å². The van der Waals surface area contributed by atoms with E-state index in [9.17, 15) is 9.59 Å². The fraction of sp³-hybridized carbons (Fsp3) is 0.250. The van der Waals surface area contributed by atoms with Gasteiger partial charge in [0.15, 0.2) is 0 Å². The zero-order valence-corrected chi connectivity index (χ0v) is 7.15. The smallest absolute Gasteiger partial charge is 0.370 e. The molecule has 0 rings (SSSR count). The van der Waals surface area contributed by atoms with E-state index in [0.717, 1.165) is 19.1 Å². The molecule has 0 aliphatic carbocycles. The predicted octanol–water partition coefficient (Wildman–Crippen LogP) is 0.111. The van der Waals surface area contributed by atoms with E-state index in [4.69, 9.17) is 5.11 Å². The van der Waals surface area contributed by atoms with Crippen LogP contribution in [-0.2, 0) is 19.1 Å². The minimum absolute atomic E-state index is 0.830. The molecule has 0 aliphatic heterocycles. The van der Waals surface area contributed by atoms with Gasteiger partial charge in [0.25, 0.3) is 0 Å². The molecule has 0 fully saturated rings. The quantitative estimate of drug-likeness (QED) is 0.383. The molecule has 0 atom stereocenters. The van der Waals surface area contributed by atoms with Crippen LogP contribution in [0.4, 0.5) is 0 Å². The van der Waals surface area contributed by atoms with Gasteiger partial charge in [0.05, 0.1) is 0 Å². The molecule has 0 aromatic carbocycles. The Morgan fingerprint density at radius 1 is 1.23 bits per heavy atom. The maximum atomic E-state index is 10.6. The summed E-state index contributed by atoms with van der Waals surface area (Å²) in [6.45, 7) is 7.19. The number of aliphatic hydroxyl groups is 1. The highest BCUT2D eigenvalue weighted by Gasteiger charge is 2.28. The number of carbonyl (C=O) groups excluding carboxylic acids is 2. The molecule has 0 saturated carbocycles. The number of carbonyl (C=O) groups is 2. The van der Waals surface area contributed by atoms with Crippen LogP contribution in [0, 0.1) is 0 Å². The third kappa shape index (κ3) is 4.76. The van der Waals surface area contributed by atoms with Crippen LogP contribution in [0.3, 0.4) is 0 Å². The monoisotopic (exact) mass is 186 g/mol. The Labute approximate surface area is 75.3 Å².